The van der Waals surface area contributed by atoms with Crippen LogP contribution in [0.1, 0.15) is 25.3 Å². The van der Waals surface area contributed by atoms with Gasteiger partial charge in [0.2, 0.25) is 29.5 Å². The Morgan fingerprint density at radius 2 is 1.35 bits per heavy atom. The van der Waals surface area contributed by atoms with Gasteiger partial charge in [0.25, 0.3) is 0 Å². The van der Waals surface area contributed by atoms with Crippen LogP contribution in [0, 0.1) is 0 Å². The highest BCUT2D eigenvalue weighted by Gasteiger charge is 2.30. The minimum Gasteiger partial charge on any atom is -0.508 e. The van der Waals surface area contributed by atoms with E-state index in [1.165, 1.54) is 31.2 Å². The second-order valence-electron chi connectivity index (χ2n) is 7.51. The number of amides is 5. The maximum absolute atomic E-state index is 12.8. The highest BCUT2D eigenvalue weighted by molar-refractivity contribution is 5.95. The summed E-state index contributed by atoms with van der Waals surface area (Å²) in [6.07, 6.45) is -1.24. The van der Waals surface area contributed by atoms with Crippen molar-refractivity contribution in [1.82, 2.24) is 16.0 Å². The van der Waals surface area contributed by atoms with E-state index >= 15 is 0 Å². The van der Waals surface area contributed by atoms with Gasteiger partial charge in [-0.3, -0.25) is 24.0 Å². The Morgan fingerprint density at radius 1 is 0.824 bits per heavy atom. The molecule has 1 aromatic rings. The number of primary amides is 2. The van der Waals surface area contributed by atoms with Crippen molar-refractivity contribution in [2.24, 2.45) is 17.2 Å². The molecule has 0 spiro atoms. The summed E-state index contributed by atoms with van der Waals surface area (Å²) in [6, 6.07) is 0.224. The van der Waals surface area contributed by atoms with Crippen LogP contribution in [-0.4, -0.2) is 69.9 Å². The van der Waals surface area contributed by atoms with Gasteiger partial charge in [-0.1, -0.05) is 12.1 Å². The number of rotatable bonds is 13. The topological polar surface area (TPSA) is 257 Å². The lowest BCUT2D eigenvalue weighted by atomic mass is 10.0. The second kappa shape index (κ2) is 12.7. The molecule has 186 valence electrons. The Hall–Kier alpha value is -4.20. The summed E-state index contributed by atoms with van der Waals surface area (Å²) in [5, 5.41) is 25.5. The maximum Gasteiger partial charge on any atom is 0.326 e. The second-order valence-corrected chi connectivity index (χ2v) is 7.51. The molecule has 1 aromatic carbocycles. The van der Waals surface area contributed by atoms with E-state index in [0.717, 1.165) is 0 Å². The van der Waals surface area contributed by atoms with Crippen LogP contribution in [-0.2, 0) is 35.2 Å². The van der Waals surface area contributed by atoms with Gasteiger partial charge in [-0.05, 0) is 24.6 Å². The van der Waals surface area contributed by atoms with Crippen LogP contribution in [0.3, 0.4) is 0 Å². The first-order valence-electron chi connectivity index (χ1n) is 10.0. The van der Waals surface area contributed by atoms with Crippen LogP contribution in [0.5, 0.6) is 5.75 Å². The Balaban J connectivity index is 2.99. The van der Waals surface area contributed by atoms with Crippen molar-refractivity contribution in [3.8, 4) is 5.75 Å². The minimum atomic E-state index is -1.63. The lowest BCUT2D eigenvalue weighted by Crippen LogP contribution is -2.57. The first-order chi connectivity index (χ1) is 15.8. The van der Waals surface area contributed by atoms with Crippen LogP contribution in [0.25, 0.3) is 0 Å². The van der Waals surface area contributed by atoms with Crippen LogP contribution >= 0.6 is 0 Å². The van der Waals surface area contributed by atoms with Crippen molar-refractivity contribution in [3.05, 3.63) is 29.8 Å². The molecule has 4 unspecified atom stereocenters. The molecular weight excluding hydrogens is 452 g/mol. The van der Waals surface area contributed by atoms with Gasteiger partial charge in [-0.2, -0.15) is 0 Å². The van der Waals surface area contributed by atoms with Gasteiger partial charge >= 0.3 is 5.97 Å². The number of carboxylic acids is 1. The smallest absolute Gasteiger partial charge is 0.326 e. The number of nitrogens with two attached hydrogens (primary N) is 3. The van der Waals surface area contributed by atoms with E-state index < -0.39 is 72.5 Å². The summed E-state index contributed by atoms with van der Waals surface area (Å²) in [4.78, 5) is 70.8. The van der Waals surface area contributed by atoms with E-state index in [1.54, 1.807) is 0 Å². The number of hydrogen-bond donors (Lipinski definition) is 8. The van der Waals surface area contributed by atoms with Crippen molar-refractivity contribution in [3.63, 3.8) is 0 Å². The average Bonchev–Trinajstić information content (AvgIpc) is 2.73. The molecular formula is C20H28N6O8. The number of phenolic OH excluding ortho intramolecular Hbond substituents is 1. The fourth-order valence-electron chi connectivity index (χ4n) is 2.74. The zero-order chi connectivity index (χ0) is 26.0. The van der Waals surface area contributed by atoms with Gasteiger partial charge in [-0.25, -0.2) is 4.79 Å². The summed E-state index contributed by atoms with van der Waals surface area (Å²) in [5.41, 5.74) is 16.0. The highest BCUT2D eigenvalue weighted by atomic mass is 16.4. The molecule has 34 heavy (non-hydrogen) atoms. The van der Waals surface area contributed by atoms with Gasteiger partial charge in [0.15, 0.2) is 0 Å². The van der Waals surface area contributed by atoms with Gasteiger partial charge < -0.3 is 43.4 Å². The lowest BCUT2D eigenvalue weighted by Gasteiger charge is -2.23. The molecule has 5 amide bonds. The van der Waals surface area contributed by atoms with Crippen molar-refractivity contribution in [1.29, 1.82) is 0 Å². The average molecular weight is 480 g/mol. The summed E-state index contributed by atoms with van der Waals surface area (Å²) >= 11 is 0. The molecule has 1 rings (SSSR count). The summed E-state index contributed by atoms with van der Waals surface area (Å²) in [7, 11) is 0. The number of carboxylic acid groups (broad SMARTS) is 1. The molecule has 0 bridgehead atoms. The Bertz CT molecular complexity index is 935. The van der Waals surface area contributed by atoms with E-state index in [1.807, 2.05) is 0 Å². The Morgan fingerprint density at radius 3 is 1.85 bits per heavy atom. The fraction of sp³-hybridized carbons (Fsp3) is 0.400. The largest absolute Gasteiger partial charge is 0.508 e. The normalized spacial score (nSPS) is 14.1. The maximum atomic E-state index is 12.8. The van der Waals surface area contributed by atoms with E-state index in [0.29, 0.717) is 5.56 Å². The SMILES string of the molecule is CC(NC(=O)C(N)CC(N)=O)C(=O)NC(Cc1ccc(O)cc1)C(=O)NC(CC(N)=O)C(=O)O. The van der Waals surface area contributed by atoms with E-state index in [2.05, 4.69) is 16.0 Å². The number of carbonyl (C=O) groups excluding carboxylic acids is 5. The van der Waals surface area contributed by atoms with Gasteiger partial charge in [-0.15, -0.1) is 0 Å². The van der Waals surface area contributed by atoms with Gasteiger partial charge in [0.1, 0.15) is 23.9 Å². The third-order valence-corrected chi connectivity index (χ3v) is 4.54. The van der Waals surface area contributed by atoms with Crippen molar-refractivity contribution in [2.75, 3.05) is 0 Å². The van der Waals surface area contributed by atoms with Crippen LogP contribution < -0.4 is 33.2 Å². The zero-order valence-electron chi connectivity index (χ0n) is 18.3. The number of hydrogen-bond acceptors (Lipinski definition) is 8. The molecule has 0 saturated carbocycles. The molecule has 4 atom stereocenters. The number of nitrogens with one attached hydrogen (secondary N) is 3. The third kappa shape index (κ3) is 9.52. The molecule has 11 N–H and O–H groups in total. The van der Waals surface area contributed by atoms with Crippen LogP contribution in [0.4, 0.5) is 0 Å². The lowest BCUT2D eigenvalue weighted by molar-refractivity contribution is -0.143. The third-order valence-electron chi connectivity index (χ3n) is 4.54. The molecule has 0 fully saturated rings. The number of carbonyl (C=O) groups is 6. The fourth-order valence-corrected chi connectivity index (χ4v) is 2.74. The molecule has 0 heterocycles. The molecule has 0 radical (unpaired) electrons. The minimum absolute atomic E-state index is 0.0372. The monoisotopic (exact) mass is 480 g/mol. The molecule has 14 heteroatoms. The predicted molar refractivity (Wildman–Crippen MR) is 117 cm³/mol. The number of aliphatic carboxylic acids is 1. The summed E-state index contributed by atoms with van der Waals surface area (Å²) in [5.74, 6) is -5.90. The molecule has 0 aliphatic carbocycles. The summed E-state index contributed by atoms with van der Waals surface area (Å²) in [6.45, 7) is 1.30. The quantitative estimate of drug-likeness (QED) is 0.139. The molecule has 0 aliphatic rings. The van der Waals surface area contributed by atoms with Crippen molar-refractivity contribution in [2.45, 2.75) is 50.4 Å². The molecule has 0 saturated heterocycles. The first kappa shape index (κ1) is 27.8. The van der Waals surface area contributed by atoms with E-state index in [4.69, 9.17) is 17.2 Å². The van der Waals surface area contributed by atoms with E-state index in [9.17, 15) is 39.0 Å². The number of aromatic hydroxyl groups is 1. The summed E-state index contributed by atoms with van der Waals surface area (Å²) < 4.78 is 0. The Labute approximate surface area is 194 Å². The van der Waals surface area contributed by atoms with Crippen LogP contribution in [0.2, 0.25) is 0 Å². The van der Waals surface area contributed by atoms with Crippen molar-refractivity contribution >= 4 is 35.5 Å². The van der Waals surface area contributed by atoms with E-state index in [-0.39, 0.29) is 12.2 Å². The van der Waals surface area contributed by atoms with Crippen molar-refractivity contribution < 1.29 is 39.0 Å². The molecule has 14 nitrogen and oxygen atoms in total. The Kier molecular flexibility index (Phi) is 10.4. The van der Waals surface area contributed by atoms with Gasteiger partial charge in [0.05, 0.1) is 18.9 Å². The number of phenols is 1. The zero-order valence-corrected chi connectivity index (χ0v) is 18.3. The first-order valence-corrected chi connectivity index (χ1v) is 10.0. The standard InChI is InChI=1S/C20H28N6O8/c1-9(24-18(31)12(21)7-15(22)28)17(30)25-13(6-10-2-4-11(27)5-3-10)19(32)26-14(20(33)34)8-16(23)29/h2-5,9,12-14,27H,6-8,21H2,1H3,(H2,22,28)(H2,23,29)(H,24,31)(H,25,30)(H,26,32)(H,33,34). The molecule has 0 aromatic heterocycles. The predicted octanol–water partition coefficient (Wildman–Crippen LogP) is -3.43. The number of benzene rings is 1. The van der Waals surface area contributed by atoms with Gasteiger partial charge in [0, 0.05) is 6.42 Å². The highest BCUT2D eigenvalue weighted by Crippen LogP contribution is 2.12. The molecule has 0 aliphatic heterocycles. The van der Waals surface area contributed by atoms with Crippen LogP contribution in [0.15, 0.2) is 24.3 Å².